The number of aromatic nitrogens is 2. The second-order valence-electron chi connectivity index (χ2n) is 7.67. The quantitative estimate of drug-likeness (QED) is 0.656. The van der Waals surface area contributed by atoms with Crippen LogP contribution in [-0.2, 0) is 0 Å². The predicted octanol–water partition coefficient (Wildman–Crippen LogP) is 1.99. The Labute approximate surface area is 158 Å². The molecule has 4 rings (SSSR count). The van der Waals surface area contributed by atoms with Gasteiger partial charge in [0.15, 0.2) is 0 Å². The van der Waals surface area contributed by atoms with E-state index in [1.807, 2.05) is 12.1 Å². The highest BCUT2D eigenvalue weighted by Crippen LogP contribution is 2.24. The van der Waals surface area contributed by atoms with Gasteiger partial charge in [0.1, 0.15) is 0 Å². The molecule has 7 heteroatoms. The SMILES string of the molecule is O=C(N[C@@H]1CCC[C@H]1O)c1cccc2cnc(N[C@H]3CC[C@H](O)CC3)nc12. The van der Waals surface area contributed by atoms with Gasteiger partial charge in [-0.3, -0.25) is 4.79 Å². The summed E-state index contributed by atoms with van der Waals surface area (Å²) in [6.07, 6.45) is 6.82. The van der Waals surface area contributed by atoms with Gasteiger partial charge in [0.05, 0.1) is 29.3 Å². The first-order valence-corrected chi connectivity index (χ1v) is 9.79. The fourth-order valence-corrected chi connectivity index (χ4v) is 4.07. The number of aliphatic hydroxyl groups excluding tert-OH is 2. The lowest BCUT2D eigenvalue weighted by molar-refractivity contribution is 0.0874. The van der Waals surface area contributed by atoms with Gasteiger partial charge in [-0.2, -0.15) is 0 Å². The van der Waals surface area contributed by atoms with Gasteiger partial charge < -0.3 is 20.8 Å². The fraction of sp³-hybridized carbons (Fsp3) is 0.550. The van der Waals surface area contributed by atoms with Crippen LogP contribution >= 0.6 is 0 Å². The van der Waals surface area contributed by atoms with E-state index in [4.69, 9.17) is 0 Å². The molecule has 1 aromatic carbocycles. The number of anilines is 1. The highest BCUT2D eigenvalue weighted by Gasteiger charge is 2.27. The van der Waals surface area contributed by atoms with E-state index in [0.29, 0.717) is 17.0 Å². The number of carbonyl (C=O) groups is 1. The zero-order valence-electron chi connectivity index (χ0n) is 15.3. The van der Waals surface area contributed by atoms with E-state index < -0.39 is 6.10 Å². The number of aliphatic hydroxyl groups is 2. The van der Waals surface area contributed by atoms with Crippen LogP contribution in [0.5, 0.6) is 0 Å². The smallest absolute Gasteiger partial charge is 0.253 e. The van der Waals surface area contributed by atoms with E-state index in [9.17, 15) is 15.0 Å². The summed E-state index contributed by atoms with van der Waals surface area (Å²) in [5.41, 5.74) is 1.10. The third-order valence-corrected chi connectivity index (χ3v) is 5.68. The van der Waals surface area contributed by atoms with Gasteiger partial charge in [0.25, 0.3) is 5.91 Å². The van der Waals surface area contributed by atoms with Gasteiger partial charge >= 0.3 is 0 Å². The number of para-hydroxylation sites is 1. The maximum atomic E-state index is 12.8. The van der Waals surface area contributed by atoms with Crippen molar-refractivity contribution in [3.05, 3.63) is 30.0 Å². The van der Waals surface area contributed by atoms with Crippen LogP contribution in [0.25, 0.3) is 10.9 Å². The standard InChI is InChI=1S/C20H26N4O3/c25-14-9-7-13(8-10-14)22-20-21-11-12-3-1-4-15(18(12)24-20)19(27)23-16-5-2-6-17(16)26/h1,3-4,11,13-14,16-17,25-26H,2,5-10H2,(H,23,27)(H,21,22,24)/t13-,14-,16-,17-/m1/s1. The van der Waals surface area contributed by atoms with Crippen LogP contribution in [0.3, 0.4) is 0 Å². The molecule has 0 saturated heterocycles. The summed E-state index contributed by atoms with van der Waals surface area (Å²) in [5, 5.41) is 26.7. The highest BCUT2D eigenvalue weighted by atomic mass is 16.3. The normalized spacial score (nSPS) is 28.2. The zero-order valence-corrected chi connectivity index (χ0v) is 15.3. The minimum absolute atomic E-state index is 0.194. The summed E-state index contributed by atoms with van der Waals surface area (Å²) in [7, 11) is 0. The molecule has 1 aromatic heterocycles. The Balaban J connectivity index is 1.54. The molecule has 0 bridgehead atoms. The van der Waals surface area contributed by atoms with Gasteiger partial charge in [-0.25, -0.2) is 9.97 Å². The lowest BCUT2D eigenvalue weighted by atomic mass is 9.93. The molecule has 2 atom stereocenters. The number of nitrogens with zero attached hydrogens (tertiary/aromatic N) is 2. The van der Waals surface area contributed by atoms with Crippen molar-refractivity contribution in [1.82, 2.24) is 15.3 Å². The van der Waals surface area contributed by atoms with E-state index in [1.165, 1.54) is 0 Å². The Bertz CT molecular complexity index is 820. The zero-order chi connectivity index (χ0) is 18.8. The first kappa shape index (κ1) is 18.1. The van der Waals surface area contributed by atoms with Crippen molar-refractivity contribution in [3.8, 4) is 0 Å². The summed E-state index contributed by atoms with van der Waals surface area (Å²) in [6.45, 7) is 0. The van der Waals surface area contributed by atoms with Crippen LogP contribution in [0.15, 0.2) is 24.4 Å². The monoisotopic (exact) mass is 370 g/mol. The lowest BCUT2D eigenvalue weighted by Crippen LogP contribution is -2.40. The molecule has 4 N–H and O–H groups in total. The molecule has 2 aliphatic rings. The molecular weight excluding hydrogens is 344 g/mol. The lowest BCUT2D eigenvalue weighted by Gasteiger charge is -2.26. The molecule has 0 unspecified atom stereocenters. The van der Waals surface area contributed by atoms with E-state index in [-0.39, 0.29) is 24.1 Å². The molecule has 0 aliphatic heterocycles. The summed E-state index contributed by atoms with van der Waals surface area (Å²) >= 11 is 0. The number of fused-ring (bicyclic) bond motifs is 1. The maximum absolute atomic E-state index is 12.8. The molecule has 2 aromatic rings. The summed E-state index contributed by atoms with van der Waals surface area (Å²) in [5.74, 6) is 0.294. The van der Waals surface area contributed by atoms with Crippen LogP contribution in [0.4, 0.5) is 5.95 Å². The average molecular weight is 370 g/mol. The summed E-state index contributed by atoms with van der Waals surface area (Å²) in [4.78, 5) is 21.7. The second-order valence-corrected chi connectivity index (χ2v) is 7.67. The average Bonchev–Trinajstić information content (AvgIpc) is 3.07. The van der Waals surface area contributed by atoms with E-state index in [1.54, 1.807) is 12.3 Å². The van der Waals surface area contributed by atoms with Crippen LogP contribution in [-0.4, -0.2) is 50.4 Å². The van der Waals surface area contributed by atoms with E-state index in [0.717, 1.165) is 50.3 Å². The third kappa shape index (κ3) is 4.04. The predicted molar refractivity (Wildman–Crippen MR) is 103 cm³/mol. The molecule has 144 valence electrons. The fourth-order valence-electron chi connectivity index (χ4n) is 4.07. The van der Waals surface area contributed by atoms with Crippen molar-refractivity contribution < 1.29 is 15.0 Å². The molecule has 0 radical (unpaired) electrons. The topological polar surface area (TPSA) is 107 Å². The molecule has 2 aliphatic carbocycles. The van der Waals surface area contributed by atoms with Gasteiger partial charge in [-0.15, -0.1) is 0 Å². The van der Waals surface area contributed by atoms with Crippen molar-refractivity contribution >= 4 is 22.8 Å². The maximum Gasteiger partial charge on any atom is 0.253 e. The van der Waals surface area contributed by atoms with Crippen molar-refractivity contribution in [2.24, 2.45) is 0 Å². The van der Waals surface area contributed by atoms with Crippen molar-refractivity contribution in [1.29, 1.82) is 0 Å². The molecule has 0 spiro atoms. The highest BCUT2D eigenvalue weighted by molar-refractivity contribution is 6.05. The van der Waals surface area contributed by atoms with Crippen LogP contribution in [0.2, 0.25) is 0 Å². The molecule has 2 saturated carbocycles. The number of hydrogen-bond donors (Lipinski definition) is 4. The Kier molecular flexibility index (Phi) is 5.22. The van der Waals surface area contributed by atoms with E-state index in [2.05, 4.69) is 20.6 Å². The van der Waals surface area contributed by atoms with Gasteiger partial charge in [-0.05, 0) is 51.0 Å². The minimum atomic E-state index is -0.475. The van der Waals surface area contributed by atoms with Crippen LogP contribution in [0.1, 0.15) is 55.3 Å². The number of rotatable bonds is 4. The summed E-state index contributed by atoms with van der Waals surface area (Å²) in [6, 6.07) is 5.51. The number of nitrogens with one attached hydrogen (secondary N) is 2. The number of amides is 1. The number of carbonyl (C=O) groups excluding carboxylic acids is 1. The largest absolute Gasteiger partial charge is 0.393 e. The van der Waals surface area contributed by atoms with Crippen molar-refractivity contribution in [2.75, 3.05) is 5.32 Å². The van der Waals surface area contributed by atoms with Gasteiger partial charge in [0.2, 0.25) is 5.95 Å². The van der Waals surface area contributed by atoms with Crippen molar-refractivity contribution in [2.45, 2.75) is 69.2 Å². The Hall–Kier alpha value is -2.25. The van der Waals surface area contributed by atoms with E-state index >= 15 is 0 Å². The summed E-state index contributed by atoms with van der Waals surface area (Å²) < 4.78 is 0. The number of benzene rings is 1. The third-order valence-electron chi connectivity index (χ3n) is 5.68. The number of hydrogen-bond acceptors (Lipinski definition) is 6. The molecule has 7 nitrogen and oxygen atoms in total. The molecular formula is C20H26N4O3. The van der Waals surface area contributed by atoms with Gasteiger partial charge in [-0.1, -0.05) is 12.1 Å². The molecule has 2 fully saturated rings. The first-order valence-electron chi connectivity index (χ1n) is 9.79. The van der Waals surface area contributed by atoms with Crippen LogP contribution in [0, 0.1) is 0 Å². The second kappa shape index (κ2) is 7.78. The molecule has 1 heterocycles. The Morgan fingerprint density at radius 1 is 1.07 bits per heavy atom. The van der Waals surface area contributed by atoms with Gasteiger partial charge in [0, 0.05) is 17.6 Å². The first-order chi connectivity index (χ1) is 13.1. The van der Waals surface area contributed by atoms with Crippen LogP contribution < -0.4 is 10.6 Å². The Morgan fingerprint density at radius 2 is 1.89 bits per heavy atom. The minimum Gasteiger partial charge on any atom is -0.393 e. The molecule has 1 amide bonds. The Morgan fingerprint density at radius 3 is 2.63 bits per heavy atom. The molecule has 27 heavy (non-hydrogen) atoms. The van der Waals surface area contributed by atoms with Crippen molar-refractivity contribution in [3.63, 3.8) is 0 Å².